The lowest BCUT2D eigenvalue weighted by Gasteiger charge is -2.38. The lowest BCUT2D eigenvalue weighted by atomic mass is 9.86. The fraction of sp³-hybridized carbons (Fsp3) is 0.533. The van der Waals surface area contributed by atoms with Crippen LogP contribution in [0.1, 0.15) is 38.7 Å². The van der Waals surface area contributed by atoms with Gasteiger partial charge in [0.15, 0.2) is 11.5 Å². The molecule has 4 heteroatoms. The minimum Gasteiger partial charge on any atom is -0.483 e. The highest BCUT2D eigenvalue weighted by molar-refractivity contribution is 5.71. The SMILES string of the molecule is CCC1(CC)CCc2cccc(OC(=O)NC)c2O1. The van der Waals surface area contributed by atoms with Crippen molar-refractivity contribution in [3.05, 3.63) is 23.8 Å². The molecule has 0 aliphatic carbocycles. The van der Waals surface area contributed by atoms with E-state index in [0.717, 1.165) is 37.0 Å². The van der Waals surface area contributed by atoms with Crippen LogP contribution in [0.4, 0.5) is 4.79 Å². The Morgan fingerprint density at radius 3 is 2.79 bits per heavy atom. The summed E-state index contributed by atoms with van der Waals surface area (Å²) in [7, 11) is 1.54. The predicted octanol–water partition coefficient (Wildman–Crippen LogP) is 3.29. The molecule has 0 unspecified atom stereocenters. The Hall–Kier alpha value is -1.71. The Balaban J connectivity index is 2.32. The number of hydrogen-bond donors (Lipinski definition) is 1. The number of ether oxygens (including phenoxy) is 2. The van der Waals surface area contributed by atoms with Crippen LogP contribution in [-0.4, -0.2) is 18.7 Å². The maximum Gasteiger partial charge on any atom is 0.412 e. The molecule has 0 radical (unpaired) electrons. The molecule has 19 heavy (non-hydrogen) atoms. The van der Waals surface area contributed by atoms with Crippen LogP contribution in [0.5, 0.6) is 11.5 Å². The molecule has 0 fully saturated rings. The van der Waals surface area contributed by atoms with E-state index in [4.69, 9.17) is 9.47 Å². The number of carbonyl (C=O) groups excluding carboxylic acids is 1. The molecule has 1 N–H and O–H groups in total. The number of amides is 1. The van der Waals surface area contributed by atoms with Gasteiger partial charge in [0.05, 0.1) is 0 Å². The van der Waals surface area contributed by atoms with Crippen molar-refractivity contribution >= 4 is 6.09 Å². The molecule has 4 nitrogen and oxygen atoms in total. The molecule has 0 atom stereocenters. The first-order chi connectivity index (χ1) is 9.14. The fourth-order valence-corrected chi connectivity index (χ4v) is 2.48. The van der Waals surface area contributed by atoms with Gasteiger partial charge in [0.1, 0.15) is 5.60 Å². The lowest BCUT2D eigenvalue weighted by molar-refractivity contribution is 0.0355. The smallest absolute Gasteiger partial charge is 0.412 e. The van der Waals surface area contributed by atoms with Crippen molar-refractivity contribution in [3.8, 4) is 11.5 Å². The summed E-state index contributed by atoms with van der Waals surface area (Å²) in [5.41, 5.74) is 0.980. The van der Waals surface area contributed by atoms with E-state index in [0.29, 0.717) is 5.75 Å². The van der Waals surface area contributed by atoms with Crippen molar-refractivity contribution in [1.82, 2.24) is 5.32 Å². The summed E-state index contributed by atoms with van der Waals surface area (Å²) in [6.45, 7) is 4.27. The van der Waals surface area contributed by atoms with Crippen molar-refractivity contribution < 1.29 is 14.3 Å². The normalized spacial score (nSPS) is 16.2. The Labute approximate surface area is 114 Å². The largest absolute Gasteiger partial charge is 0.483 e. The Morgan fingerprint density at radius 1 is 1.42 bits per heavy atom. The van der Waals surface area contributed by atoms with Crippen molar-refractivity contribution in [1.29, 1.82) is 0 Å². The zero-order valence-corrected chi connectivity index (χ0v) is 11.8. The molecule has 2 rings (SSSR count). The summed E-state index contributed by atoms with van der Waals surface area (Å²) >= 11 is 0. The van der Waals surface area contributed by atoms with Crippen LogP contribution in [0.2, 0.25) is 0 Å². The number of nitrogens with one attached hydrogen (secondary N) is 1. The topological polar surface area (TPSA) is 47.6 Å². The van der Waals surface area contributed by atoms with Crippen molar-refractivity contribution in [2.75, 3.05) is 7.05 Å². The van der Waals surface area contributed by atoms with Gasteiger partial charge in [-0.15, -0.1) is 0 Å². The first-order valence-electron chi connectivity index (χ1n) is 6.84. The van der Waals surface area contributed by atoms with Gasteiger partial charge in [0.2, 0.25) is 0 Å². The zero-order chi connectivity index (χ0) is 13.9. The predicted molar refractivity (Wildman–Crippen MR) is 73.8 cm³/mol. The van der Waals surface area contributed by atoms with E-state index in [1.165, 1.54) is 0 Å². The summed E-state index contributed by atoms with van der Waals surface area (Å²) in [6.07, 6.45) is 3.41. The Morgan fingerprint density at radius 2 is 2.16 bits per heavy atom. The van der Waals surface area contributed by atoms with Gasteiger partial charge in [-0.05, 0) is 37.3 Å². The highest BCUT2D eigenvalue weighted by atomic mass is 16.6. The van der Waals surface area contributed by atoms with Gasteiger partial charge in [0.25, 0.3) is 0 Å². The molecule has 0 aromatic heterocycles. The van der Waals surface area contributed by atoms with Gasteiger partial charge in [-0.25, -0.2) is 4.79 Å². The second kappa shape index (κ2) is 5.51. The number of hydrogen-bond acceptors (Lipinski definition) is 3. The average Bonchev–Trinajstić information content (AvgIpc) is 2.47. The van der Waals surface area contributed by atoms with Gasteiger partial charge in [-0.3, -0.25) is 0 Å². The van der Waals surface area contributed by atoms with E-state index >= 15 is 0 Å². The number of carbonyl (C=O) groups is 1. The summed E-state index contributed by atoms with van der Waals surface area (Å²) in [5, 5.41) is 2.45. The molecule has 1 aromatic rings. The van der Waals surface area contributed by atoms with E-state index in [-0.39, 0.29) is 5.60 Å². The summed E-state index contributed by atoms with van der Waals surface area (Å²) in [5.74, 6) is 1.23. The number of rotatable bonds is 3. The molecule has 1 aliphatic rings. The zero-order valence-electron chi connectivity index (χ0n) is 11.8. The van der Waals surface area contributed by atoms with Crippen LogP contribution in [-0.2, 0) is 6.42 Å². The highest BCUT2D eigenvalue weighted by Gasteiger charge is 2.34. The summed E-state index contributed by atoms with van der Waals surface area (Å²) in [4.78, 5) is 11.4. The molecule has 1 aromatic carbocycles. The molecule has 104 valence electrons. The second-order valence-corrected chi connectivity index (χ2v) is 4.88. The monoisotopic (exact) mass is 263 g/mol. The van der Waals surface area contributed by atoms with Crippen LogP contribution >= 0.6 is 0 Å². The van der Waals surface area contributed by atoms with Gasteiger partial charge in [0, 0.05) is 7.05 Å². The van der Waals surface area contributed by atoms with Crippen LogP contribution in [0.15, 0.2) is 18.2 Å². The second-order valence-electron chi connectivity index (χ2n) is 4.88. The van der Waals surface area contributed by atoms with E-state index in [2.05, 4.69) is 19.2 Å². The van der Waals surface area contributed by atoms with Gasteiger partial charge in [-0.1, -0.05) is 26.0 Å². The summed E-state index contributed by atoms with van der Waals surface area (Å²) in [6, 6.07) is 5.70. The maximum atomic E-state index is 11.4. The van der Waals surface area contributed by atoms with Crippen molar-refractivity contribution in [3.63, 3.8) is 0 Å². The third-order valence-electron chi connectivity index (χ3n) is 3.92. The third-order valence-corrected chi connectivity index (χ3v) is 3.92. The van der Waals surface area contributed by atoms with E-state index in [9.17, 15) is 4.79 Å². The molecule has 1 aliphatic heterocycles. The lowest BCUT2D eigenvalue weighted by Crippen LogP contribution is -2.38. The van der Waals surface area contributed by atoms with Gasteiger partial charge >= 0.3 is 6.09 Å². The van der Waals surface area contributed by atoms with Crippen LogP contribution in [0, 0.1) is 0 Å². The van der Waals surface area contributed by atoms with Crippen molar-refractivity contribution in [2.45, 2.75) is 45.1 Å². The molecule has 1 heterocycles. The van der Waals surface area contributed by atoms with E-state index in [1.807, 2.05) is 12.1 Å². The minimum absolute atomic E-state index is 0.130. The number of benzene rings is 1. The Kier molecular flexibility index (Phi) is 3.98. The fourth-order valence-electron chi connectivity index (χ4n) is 2.48. The Bertz CT molecular complexity index is 466. The molecule has 0 spiro atoms. The van der Waals surface area contributed by atoms with Crippen molar-refractivity contribution in [2.24, 2.45) is 0 Å². The van der Waals surface area contributed by atoms with Gasteiger partial charge in [-0.2, -0.15) is 0 Å². The standard InChI is InChI=1S/C15H21NO3/c1-4-15(5-2)10-9-11-7-6-8-12(13(11)19-15)18-14(17)16-3/h6-8H,4-5,9-10H2,1-3H3,(H,16,17). The first-order valence-corrected chi connectivity index (χ1v) is 6.84. The van der Waals surface area contributed by atoms with Crippen LogP contribution in [0.3, 0.4) is 0 Å². The minimum atomic E-state index is -0.471. The molecule has 0 saturated carbocycles. The van der Waals surface area contributed by atoms with Crippen LogP contribution in [0.25, 0.3) is 0 Å². The van der Waals surface area contributed by atoms with E-state index in [1.54, 1.807) is 13.1 Å². The molecule has 0 saturated heterocycles. The third kappa shape index (κ3) is 2.67. The quantitative estimate of drug-likeness (QED) is 0.910. The molecule has 0 bridgehead atoms. The number of aryl methyl sites for hydroxylation is 1. The molecular weight excluding hydrogens is 242 g/mol. The molecule has 1 amide bonds. The number of para-hydroxylation sites is 1. The molecular formula is C15H21NO3. The maximum absolute atomic E-state index is 11.4. The van der Waals surface area contributed by atoms with Gasteiger partial charge < -0.3 is 14.8 Å². The van der Waals surface area contributed by atoms with E-state index < -0.39 is 6.09 Å². The first kappa shape index (κ1) is 13.7. The average molecular weight is 263 g/mol. The van der Waals surface area contributed by atoms with Crippen LogP contribution < -0.4 is 14.8 Å². The number of fused-ring (bicyclic) bond motifs is 1. The highest BCUT2D eigenvalue weighted by Crippen LogP contribution is 2.42. The summed E-state index contributed by atoms with van der Waals surface area (Å²) < 4.78 is 11.5.